The number of benzene rings is 2. The standard InChI is InChI=1S/C21H22N4O2/c1-14(2)19-9-4-5-10-20(19)24-21(27)16(12-22)13-25(15(3)26)18-8-6-7-17(23)11-18/h4-11,13-14H,23H2,1-3H3,(H,24,27)/b16-13-. The van der Waals surface area contributed by atoms with Gasteiger partial charge in [0.05, 0.1) is 5.69 Å². The van der Waals surface area contributed by atoms with Crippen molar-refractivity contribution >= 4 is 28.9 Å². The van der Waals surface area contributed by atoms with Crippen molar-refractivity contribution in [2.75, 3.05) is 16.0 Å². The number of nitrogens with two attached hydrogens (primary N) is 1. The lowest BCUT2D eigenvalue weighted by Gasteiger charge is -2.18. The third kappa shape index (κ3) is 4.95. The van der Waals surface area contributed by atoms with Gasteiger partial charge in [0, 0.05) is 24.5 Å². The van der Waals surface area contributed by atoms with Gasteiger partial charge in [-0.3, -0.25) is 14.5 Å². The van der Waals surface area contributed by atoms with E-state index in [1.807, 2.05) is 38.1 Å². The van der Waals surface area contributed by atoms with Crippen molar-refractivity contribution in [3.05, 3.63) is 65.9 Å². The summed E-state index contributed by atoms with van der Waals surface area (Å²) in [7, 11) is 0. The van der Waals surface area contributed by atoms with Crippen molar-refractivity contribution in [3.8, 4) is 6.07 Å². The van der Waals surface area contributed by atoms with Crippen molar-refractivity contribution in [1.82, 2.24) is 0 Å². The van der Waals surface area contributed by atoms with Gasteiger partial charge in [-0.05, 0) is 35.7 Å². The molecule has 0 aliphatic carbocycles. The van der Waals surface area contributed by atoms with Crippen molar-refractivity contribution in [3.63, 3.8) is 0 Å². The summed E-state index contributed by atoms with van der Waals surface area (Å²) in [6.07, 6.45) is 1.23. The van der Waals surface area contributed by atoms with Gasteiger partial charge in [-0.2, -0.15) is 5.26 Å². The molecule has 0 unspecified atom stereocenters. The van der Waals surface area contributed by atoms with Gasteiger partial charge in [-0.15, -0.1) is 0 Å². The fourth-order valence-corrected chi connectivity index (χ4v) is 2.59. The Morgan fingerprint density at radius 2 is 1.89 bits per heavy atom. The van der Waals surface area contributed by atoms with E-state index < -0.39 is 5.91 Å². The van der Waals surface area contributed by atoms with Crippen LogP contribution in [0.1, 0.15) is 32.3 Å². The molecule has 0 atom stereocenters. The Balaban J connectivity index is 2.35. The van der Waals surface area contributed by atoms with E-state index in [0.29, 0.717) is 17.1 Å². The predicted octanol–water partition coefficient (Wildman–Crippen LogP) is 3.79. The molecule has 2 rings (SSSR count). The molecule has 0 bridgehead atoms. The number of nitrogens with one attached hydrogen (secondary N) is 1. The van der Waals surface area contributed by atoms with Gasteiger partial charge in [-0.25, -0.2) is 0 Å². The second-order valence-corrected chi connectivity index (χ2v) is 6.33. The number of nitrogens with zero attached hydrogens (tertiary/aromatic N) is 2. The number of anilines is 3. The van der Waals surface area contributed by atoms with Crippen LogP contribution in [0.2, 0.25) is 0 Å². The summed E-state index contributed by atoms with van der Waals surface area (Å²) in [6.45, 7) is 5.38. The number of hydrogen-bond donors (Lipinski definition) is 2. The molecule has 138 valence electrons. The van der Waals surface area contributed by atoms with Crippen molar-refractivity contribution < 1.29 is 9.59 Å². The van der Waals surface area contributed by atoms with Crippen LogP contribution in [0.25, 0.3) is 0 Å². The highest BCUT2D eigenvalue weighted by Gasteiger charge is 2.17. The van der Waals surface area contributed by atoms with Crippen molar-refractivity contribution in [2.24, 2.45) is 0 Å². The zero-order valence-corrected chi connectivity index (χ0v) is 15.6. The number of rotatable bonds is 5. The molecule has 6 heteroatoms. The number of nitriles is 1. The van der Waals surface area contributed by atoms with Gasteiger partial charge in [-0.1, -0.05) is 38.1 Å². The Morgan fingerprint density at radius 3 is 2.48 bits per heavy atom. The highest BCUT2D eigenvalue weighted by Crippen LogP contribution is 2.24. The second-order valence-electron chi connectivity index (χ2n) is 6.33. The highest BCUT2D eigenvalue weighted by molar-refractivity contribution is 6.08. The van der Waals surface area contributed by atoms with E-state index in [1.54, 1.807) is 30.3 Å². The number of carbonyl (C=O) groups is 2. The highest BCUT2D eigenvalue weighted by atomic mass is 16.2. The fourth-order valence-electron chi connectivity index (χ4n) is 2.59. The van der Waals surface area contributed by atoms with Crippen LogP contribution in [0.15, 0.2) is 60.3 Å². The molecule has 0 spiro atoms. The molecule has 0 saturated heterocycles. The molecule has 2 aromatic carbocycles. The summed E-state index contributed by atoms with van der Waals surface area (Å²) < 4.78 is 0. The van der Waals surface area contributed by atoms with E-state index in [9.17, 15) is 14.9 Å². The first kappa shape index (κ1) is 19.7. The second kappa shape index (κ2) is 8.68. The van der Waals surface area contributed by atoms with Crippen LogP contribution in [0, 0.1) is 11.3 Å². The van der Waals surface area contributed by atoms with Crippen LogP contribution < -0.4 is 16.0 Å². The Labute approximate surface area is 158 Å². The van der Waals surface area contributed by atoms with E-state index in [-0.39, 0.29) is 17.4 Å². The minimum atomic E-state index is -0.583. The zero-order chi connectivity index (χ0) is 20.0. The maximum atomic E-state index is 12.6. The van der Waals surface area contributed by atoms with Crippen LogP contribution in [-0.4, -0.2) is 11.8 Å². The van der Waals surface area contributed by atoms with Crippen LogP contribution in [0.3, 0.4) is 0 Å². The first-order valence-corrected chi connectivity index (χ1v) is 8.51. The van der Waals surface area contributed by atoms with Crippen molar-refractivity contribution in [2.45, 2.75) is 26.7 Å². The lowest BCUT2D eigenvalue weighted by atomic mass is 10.0. The smallest absolute Gasteiger partial charge is 0.267 e. The van der Waals surface area contributed by atoms with Crippen LogP contribution in [-0.2, 0) is 9.59 Å². The first-order chi connectivity index (χ1) is 12.8. The third-order valence-electron chi connectivity index (χ3n) is 3.94. The topological polar surface area (TPSA) is 99.2 Å². The Hall–Kier alpha value is -3.59. The molecule has 0 aliphatic heterocycles. The molecule has 6 nitrogen and oxygen atoms in total. The van der Waals surface area contributed by atoms with E-state index in [2.05, 4.69) is 5.32 Å². The number of hydrogen-bond acceptors (Lipinski definition) is 4. The zero-order valence-electron chi connectivity index (χ0n) is 15.6. The Kier molecular flexibility index (Phi) is 6.34. The Morgan fingerprint density at radius 1 is 1.19 bits per heavy atom. The number of amides is 2. The van der Waals surface area contributed by atoms with E-state index in [0.717, 1.165) is 5.56 Å². The predicted molar refractivity (Wildman–Crippen MR) is 107 cm³/mol. The third-order valence-corrected chi connectivity index (χ3v) is 3.94. The molecule has 0 aliphatic rings. The lowest BCUT2D eigenvalue weighted by molar-refractivity contribution is -0.116. The molecule has 2 aromatic rings. The van der Waals surface area contributed by atoms with Gasteiger partial charge >= 0.3 is 0 Å². The van der Waals surface area contributed by atoms with Crippen LogP contribution >= 0.6 is 0 Å². The summed E-state index contributed by atoms with van der Waals surface area (Å²) in [6, 6.07) is 15.9. The molecular weight excluding hydrogens is 340 g/mol. The maximum absolute atomic E-state index is 12.6. The van der Waals surface area contributed by atoms with Gasteiger partial charge in [0.1, 0.15) is 11.6 Å². The molecule has 2 amide bonds. The largest absolute Gasteiger partial charge is 0.399 e. The number of nitrogen functional groups attached to an aromatic ring is 1. The molecule has 27 heavy (non-hydrogen) atoms. The van der Waals surface area contributed by atoms with Gasteiger partial charge in [0.25, 0.3) is 5.91 Å². The summed E-state index contributed by atoms with van der Waals surface area (Å²) in [4.78, 5) is 25.9. The molecular formula is C21H22N4O2. The summed E-state index contributed by atoms with van der Waals surface area (Å²) in [5.74, 6) is -0.721. The van der Waals surface area contributed by atoms with E-state index >= 15 is 0 Å². The Bertz CT molecular complexity index is 926. The average Bonchev–Trinajstić information content (AvgIpc) is 2.62. The van der Waals surface area contributed by atoms with Gasteiger partial charge in [0.15, 0.2) is 0 Å². The van der Waals surface area contributed by atoms with Crippen LogP contribution in [0.5, 0.6) is 0 Å². The molecule has 0 saturated carbocycles. The molecule has 0 radical (unpaired) electrons. The summed E-state index contributed by atoms with van der Waals surface area (Å²) in [5, 5.41) is 12.2. The number of para-hydroxylation sites is 1. The van der Waals surface area contributed by atoms with Gasteiger partial charge < -0.3 is 11.1 Å². The molecule has 3 N–H and O–H groups in total. The molecule has 0 fully saturated rings. The van der Waals surface area contributed by atoms with E-state index in [4.69, 9.17) is 5.73 Å². The molecule has 0 aromatic heterocycles. The molecule has 0 heterocycles. The maximum Gasteiger partial charge on any atom is 0.267 e. The van der Waals surface area contributed by atoms with E-state index in [1.165, 1.54) is 18.0 Å². The summed E-state index contributed by atoms with van der Waals surface area (Å²) >= 11 is 0. The first-order valence-electron chi connectivity index (χ1n) is 8.51. The van der Waals surface area contributed by atoms with Gasteiger partial charge in [0.2, 0.25) is 5.91 Å². The minimum absolute atomic E-state index is 0.189. The minimum Gasteiger partial charge on any atom is -0.399 e. The van der Waals surface area contributed by atoms with Crippen LogP contribution in [0.4, 0.5) is 17.1 Å². The summed E-state index contributed by atoms with van der Waals surface area (Å²) in [5.41, 5.74) is 8.12. The van der Waals surface area contributed by atoms with Crippen molar-refractivity contribution in [1.29, 1.82) is 5.26 Å². The fraction of sp³-hybridized carbons (Fsp3) is 0.190. The monoisotopic (exact) mass is 362 g/mol. The SMILES string of the molecule is CC(=O)N(/C=C(/C#N)C(=O)Nc1ccccc1C(C)C)c1cccc(N)c1. The lowest BCUT2D eigenvalue weighted by Crippen LogP contribution is -2.25. The average molecular weight is 362 g/mol. The number of carbonyl (C=O) groups excluding carboxylic acids is 2. The normalized spacial score (nSPS) is 11.0. The quantitative estimate of drug-likeness (QED) is 0.480.